The fraction of sp³-hybridized carbons (Fsp3) is 0.133. The summed E-state index contributed by atoms with van der Waals surface area (Å²) >= 11 is 12.5. The number of nitrogens with zero attached hydrogens (tertiary/aromatic N) is 4. The molecule has 0 aromatic carbocycles. The van der Waals surface area contributed by atoms with E-state index in [1.165, 1.54) is 19.5 Å². The second kappa shape index (κ2) is 6.44. The molecule has 0 atom stereocenters. The fourth-order valence-corrected chi connectivity index (χ4v) is 2.70. The topological polar surface area (TPSA) is 62.1 Å². The Kier molecular flexibility index (Phi) is 4.36. The summed E-state index contributed by atoms with van der Waals surface area (Å²) in [5.74, 6) is 1.41. The van der Waals surface area contributed by atoms with Crippen molar-refractivity contribution in [3.05, 3.63) is 47.0 Å². The first-order chi connectivity index (χ1) is 11.2. The highest BCUT2D eigenvalue weighted by atomic mass is 35.5. The molecule has 0 amide bonds. The lowest BCUT2D eigenvalue weighted by molar-refractivity contribution is 0.363. The van der Waals surface area contributed by atoms with Crippen LogP contribution in [0, 0.1) is 0 Å². The Balaban J connectivity index is 2.19. The minimum absolute atomic E-state index is 0.393. The average molecular weight is 351 g/mol. The van der Waals surface area contributed by atoms with Crippen LogP contribution in [0.3, 0.4) is 0 Å². The highest BCUT2D eigenvalue weighted by Crippen LogP contribution is 2.35. The maximum atomic E-state index is 6.23. The van der Waals surface area contributed by atoms with E-state index in [1.807, 2.05) is 6.07 Å². The third kappa shape index (κ3) is 2.83. The van der Waals surface area contributed by atoms with E-state index < -0.39 is 0 Å². The minimum atomic E-state index is 0.393. The summed E-state index contributed by atoms with van der Waals surface area (Å²) in [5.41, 5.74) is 1.27. The summed E-state index contributed by atoms with van der Waals surface area (Å²) in [6.07, 6.45) is 6.46. The first-order valence-electron chi connectivity index (χ1n) is 6.57. The summed E-state index contributed by atoms with van der Waals surface area (Å²) in [4.78, 5) is 12.6. The molecule has 0 spiro atoms. The second-order valence-corrected chi connectivity index (χ2v) is 5.30. The van der Waals surface area contributed by atoms with Crippen LogP contribution in [0.1, 0.15) is 0 Å². The quantitative estimate of drug-likeness (QED) is 0.718. The molecule has 0 aliphatic carbocycles. The molecule has 8 heteroatoms. The lowest BCUT2D eigenvalue weighted by Crippen LogP contribution is -2.03. The summed E-state index contributed by atoms with van der Waals surface area (Å²) < 4.78 is 12.3. The van der Waals surface area contributed by atoms with Crippen LogP contribution in [-0.2, 0) is 0 Å². The Morgan fingerprint density at radius 2 is 1.78 bits per heavy atom. The number of halogens is 2. The van der Waals surface area contributed by atoms with Crippen LogP contribution in [0.2, 0.25) is 10.0 Å². The molecule has 0 unspecified atom stereocenters. The van der Waals surface area contributed by atoms with Crippen molar-refractivity contribution < 1.29 is 9.47 Å². The molecule has 118 valence electrons. The monoisotopic (exact) mass is 350 g/mol. The van der Waals surface area contributed by atoms with Crippen LogP contribution in [0.5, 0.6) is 11.8 Å². The van der Waals surface area contributed by atoms with Gasteiger partial charge in [0.25, 0.3) is 0 Å². The number of hydrogen-bond donors (Lipinski definition) is 0. The van der Waals surface area contributed by atoms with Gasteiger partial charge in [-0.15, -0.1) is 0 Å². The lowest BCUT2D eigenvalue weighted by Gasteiger charge is -2.13. The van der Waals surface area contributed by atoms with E-state index in [0.29, 0.717) is 38.9 Å². The molecule has 3 aromatic heterocycles. The summed E-state index contributed by atoms with van der Waals surface area (Å²) in [7, 11) is 3.08. The van der Waals surface area contributed by atoms with Crippen LogP contribution >= 0.6 is 23.2 Å². The van der Waals surface area contributed by atoms with Crippen LogP contribution in [-0.4, -0.2) is 33.7 Å². The Hall–Kier alpha value is -2.31. The van der Waals surface area contributed by atoms with Gasteiger partial charge in [0.05, 0.1) is 29.8 Å². The lowest BCUT2D eigenvalue weighted by atomic mass is 10.2. The molecule has 0 bridgehead atoms. The molecule has 3 aromatic rings. The van der Waals surface area contributed by atoms with Gasteiger partial charge in [-0.1, -0.05) is 23.2 Å². The molecule has 0 saturated carbocycles. The zero-order chi connectivity index (χ0) is 16.4. The van der Waals surface area contributed by atoms with E-state index in [4.69, 9.17) is 32.7 Å². The van der Waals surface area contributed by atoms with Crippen molar-refractivity contribution in [1.29, 1.82) is 0 Å². The zero-order valence-corrected chi connectivity index (χ0v) is 13.8. The molecule has 0 N–H and O–H groups in total. The normalized spacial score (nSPS) is 10.6. The number of pyridine rings is 2. The maximum Gasteiger partial charge on any atom is 0.241 e. The molecule has 0 saturated heterocycles. The number of rotatable bonds is 4. The van der Waals surface area contributed by atoms with E-state index in [0.717, 1.165) is 0 Å². The van der Waals surface area contributed by atoms with E-state index in [1.54, 1.807) is 30.1 Å². The van der Waals surface area contributed by atoms with Gasteiger partial charge in [0.2, 0.25) is 11.8 Å². The molecule has 3 heterocycles. The largest absolute Gasteiger partial charge is 0.481 e. The first-order valence-corrected chi connectivity index (χ1v) is 7.33. The van der Waals surface area contributed by atoms with Gasteiger partial charge in [0, 0.05) is 30.9 Å². The van der Waals surface area contributed by atoms with Gasteiger partial charge in [-0.05, 0) is 6.07 Å². The van der Waals surface area contributed by atoms with Gasteiger partial charge in [-0.2, -0.15) is 4.98 Å². The average Bonchev–Trinajstić information content (AvgIpc) is 3.03. The molecule has 3 rings (SSSR count). The van der Waals surface area contributed by atoms with Crippen molar-refractivity contribution >= 4 is 23.2 Å². The van der Waals surface area contributed by atoms with Crippen molar-refractivity contribution in [3.8, 4) is 28.8 Å². The van der Waals surface area contributed by atoms with E-state index >= 15 is 0 Å². The van der Waals surface area contributed by atoms with Crippen LogP contribution < -0.4 is 9.47 Å². The van der Waals surface area contributed by atoms with Crippen molar-refractivity contribution in [2.45, 2.75) is 0 Å². The molecule has 0 fully saturated rings. The van der Waals surface area contributed by atoms with Crippen molar-refractivity contribution in [1.82, 2.24) is 19.5 Å². The van der Waals surface area contributed by atoms with E-state index in [9.17, 15) is 0 Å². The number of hydrogen-bond acceptors (Lipinski definition) is 5. The van der Waals surface area contributed by atoms with Crippen LogP contribution in [0.15, 0.2) is 36.9 Å². The van der Waals surface area contributed by atoms with Crippen LogP contribution in [0.25, 0.3) is 17.1 Å². The standard InChI is InChI=1S/C15H12Cl2N4O2/c1-22-12-4-3-11(15(20-12)23-2)21-6-5-19-14(21)13-9(16)7-18-8-10(13)17/h3-8H,1-2H3. The number of imidazole rings is 1. The SMILES string of the molecule is COc1ccc(-n2ccnc2-c2c(Cl)cncc2Cl)c(OC)n1. The molecule has 0 aliphatic rings. The minimum Gasteiger partial charge on any atom is -0.481 e. The Labute approximate surface area is 142 Å². The molecule has 23 heavy (non-hydrogen) atoms. The summed E-state index contributed by atoms with van der Waals surface area (Å²) in [6.45, 7) is 0. The Bertz CT molecular complexity index is 831. The van der Waals surface area contributed by atoms with Crippen molar-refractivity contribution in [2.75, 3.05) is 14.2 Å². The number of ether oxygens (including phenoxy) is 2. The van der Waals surface area contributed by atoms with Gasteiger partial charge >= 0.3 is 0 Å². The first kappa shape index (κ1) is 15.6. The predicted molar refractivity (Wildman–Crippen MR) is 87.7 cm³/mol. The van der Waals surface area contributed by atoms with Gasteiger partial charge in [-0.3, -0.25) is 9.55 Å². The Morgan fingerprint density at radius 3 is 2.43 bits per heavy atom. The summed E-state index contributed by atoms with van der Waals surface area (Å²) in [6, 6.07) is 3.55. The maximum absolute atomic E-state index is 6.23. The third-order valence-corrected chi connectivity index (χ3v) is 3.77. The second-order valence-electron chi connectivity index (χ2n) is 4.48. The zero-order valence-electron chi connectivity index (χ0n) is 12.3. The molecule has 0 aliphatic heterocycles. The van der Waals surface area contributed by atoms with E-state index in [2.05, 4.69) is 15.0 Å². The summed E-state index contributed by atoms with van der Waals surface area (Å²) in [5, 5.41) is 0.816. The van der Waals surface area contributed by atoms with Gasteiger partial charge in [0.15, 0.2) is 0 Å². The number of aromatic nitrogens is 4. The van der Waals surface area contributed by atoms with Gasteiger partial charge in [-0.25, -0.2) is 4.98 Å². The molecule has 6 nitrogen and oxygen atoms in total. The van der Waals surface area contributed by atoms with Gasteiger partial charge in [0.1, 0.15) is 11.5 Å². The highest BCUT2D eigenvalue weighted by molar-refractivity contribution is 6.38. The number of methoxy groups -OCH3 is 2. The smallest absolute Gasteiger partial charge is 0.241 e. The highest BCUT2D eigenvalue weighted by Gasteiger charge is 2.18. The molecular weight excluding hydrogens is 339 g/mol. The van der Waals surface area contributed by atoms with Crippen LogP contribution in [0.4, 0.5) is 0 Å². The van der Waals surface area contributed by atoms with Crippen molar-refractivity contribution in [3.63, 3.8) is 0 Å². The molecular formula is C15H12Cl2N4O2. The van der Waals surface area contributed by atoms with Crippen molar-refractivity contribution in [2.24, 2.45) is 0 Å². The molecule has 0 radical (unpaired) electrons. The predicted octanol–water partition coefficient (Wildman–Crippen LogP) is 3.65. The van der Waals surface area contributed by atoms with E-state index in [-0.39, 0.29) is 0 Å². The fourth-order valence-electron chi connectivity index (χ4n) is 2.17. The van der Waals surface area contributed by atoms with Gasteiger partial charge < -0.3 is 9.47 Å². The Morgan fingerprint density at radius 1 is 1.04 bits per heavy atom. The third-order valence-electron chi connectivity index (χ3n) is 3.19.